The van der Waals surface area contributed by atoms with E-state index in [9.17, 15) is 4.79 Å². The first kappa shape index (κ1) is 14.6. The summed E-state index contributed by atoms with van der Waals surface area (Å²) in [6.45, 7) is 3.87. The van der Waals surface area contributed by atoms with Gasteiger partial charge in [-0.05, 0) is 37.5 Å². The number of benzene rings is 1. The van der Waals surface area contributed by atoms with Crippen molar-refractivity contribution in [1.82, 2.24) is 10.1 Å². The maximum Gasteiger partial charge on any atom is 0.232 e. The molecule has 6 nitrogen and oxygen atoms in total. The van der Waals surface area contributed by atoms with E-state index >= 15 is 0 Å². The van der Waals surface area contributed by atoms with E-state index in [0.717, 1.165) is 24.5 Å². The van der Waals surface area contributed by atoms with Crippen LogP contribution in [0.15, 0.2) is 28.8 Å². The van der Waals surface area contributed by atoms with Gasteiger partial charge in [0.05, 0.1) is 6.42 Å². The van der Waals surface area contributed by atoms with Crippen molar-refractivity contribution in [3.63, 3.8) is 0 Å². The molecule has 1 aliphatic heterocycles. The van der Waals surface area contributed by atoms with Crippen LogP contribution in [-0.2, 0) is 11.2 Å². The zero-order valence-electron chi connectivity index (χ0n) is 12.7. The van der Waals surface area contributed by atoms with Crippen molar-refractivity contribution >= 4 is 17.3 Å². The van der Waals surface area contributed by atoms with Crippen molar-refractivity contribution in [3.8, 4) is 0 Å². The van der Waals surface area contributed by atoms with E-state index in [1.807, 2.05) is 18.2 Å². The van der Waals surface area contributed by atoms with Crippen molar-refractivity contribution in [2.45, 2.75) is 32.6 Å². The summed E-state index contributed by atoms with van der Waals surface area (Å²) in [6, 6.07) is 7.97. The number of anilines is 2. The Labute approximate surface area is 129 Å². The summed E-state index contributed by atoms with van der Waals surface area (Å²) in [5, 5.41) is 6.63. The lowest BCUT2D eigenvalue weighted by Gasteiger charge is -2.29. The Bertz CT molecular complexity index is 647. The Hall–Kier alpha value is -2.37. The van der Waals surface area contributed by atoms with Crippen LogP contribution in [0.4, 0.5) is 11.4 Å². The average Bonchev–Trinajstić information content (AvgIpc) is 2.93. The Morgan fingerprint density at radius 3 is 2.86 bits per heavy atom. The molecular weight excluding hydrogens is 280 g/mol. The Balaban J connectivity index is 1.63. The number of piperidine rings is 1. The minimum atomic E-state index is -0.142. The van der Waals surface area contributed by atoms with Crippen LogP contribution in [0.3, 0.4) is 0 Å². The number of amides is 1. The highest BCUT2D eigenvalue weighted by molar-refractivity contribution is 5.92. The number of rotatable bonds is 4. The monoisotopic (exact) mass is 300 g/mol. The number of nitrogens with zero attached hydrogens (tertiary/aromatic N) is 3. The summed E-state index contributed by atoms with van der Waals surface area (Å²) in [4.78, 5) is 18.4. The van der Waals surface area contributed by atoms with E-state index in [1.54, 1.807) is 6.92 Å². The molecule has 1 amide bonds. The third-order valence-corrected chi connectivity index (χ3v) is 3.74. The fraction of sp³-hybridized carbons (Fsp3) is 0.438. The molecule has 2 aromatic rings. The predicted molar refractivity (Wildman–Crippen MR) is 83.9 cm³/mol. The summed E-state index contributed by atoms with van der Waals surface area (Å²) in [7, 11) is 0. The summed E-state index contributed by atoms with van der Waals surface area (Å²) in [5.41, 5.74) is 1.96. The molecular formula is C16H20N4O2. The molecule has 0 aliphatic carbocycles. The van der Waals surface area contributed by atoms with E-state index in [-0.39, 0.29) is 12.3 Å². The van der Waals surface area contributed by atoms with Crippen molar-refractivity contribution in [1.29, 1.82) is 0 Å². The minimum Gasteiger partial charge on any atom is -0.371 e. The Morgan fingerprint density at radius 2 is 2.14 bits per heavy atom. The maximum atomic E-state index is 12.0. The summed E-state index contributed by atoms with van der Waals surface area (Å²) < 4.78 is 4.87. The van der Waals surface area contributed by atoms with Gasteiger partial charge in [0.1, 0.15) is 0 Å². The minimum absolute atomic E-state index is 0.116. The summed E-state index contributed by atoms with van der Waals surface area (Å²) in [6.07, 6.45) is 3.88. The van der Waals surface area contributed by atoms with Crippen LogP contribution in [0, 0.1) is 6.92 Å². The molecule has 116 valence electrons. The highest BCUT2D eigenvalue weighted by Crippen LogP contribution is 2.23. The van der Waals surface area contributed by atoms with Gasteiger partial charge in [0.2, 0.25) is 11.8 Å². The standard InChI is InChI=1S/C16H20N4O2/c1-12-17-15(19-22-12)11-16(21)18-13-6-5-7-14(10-13)20-8-3-2-4-9-20/h5-7,10H,2-4,8-9,11H2,1H3,(H,18,21). The van der Waals surface area contributed by atoms with E-state index in [2.05, 4.69) is 26.4 Å². The first-order chi connectivity index (χ1) is 10.7. The highest BCUT2D eigenvalue weighted by Gasteiger charge is 2.13. The predicted octanol–water partition coefficient (Wildman–Crippen LogP) is 2.55. The second-order valence-electron chi connectivity index (χ2n) is 5.55. The Kier molecular flexibility index (Phi) is 4.37. The number of hydrogen-bond donors (Lipinski definition) is 1. The van der Waals surface area contributed by atoms with Crippen LogP contribution < -0.4 is 10.2 Å². The van der Waals surface area contributed by atoms with Crippen molar-refractivity contribution < 1.29 is 9.32 Å². The lowest BCUT2D eigenvalue weighted by atomic mass is 10.1. The van der Waals surface area contributed by atoms with Gasteiger partial charge in [-0.15, -0.1) is 0 Å². The molecule has 1 aromatic carbocycles. The molecule has 0 unspecified atom stereocenters. The van der Waals surface area contributed by atoms with Gasteiger partial charge in [0.25, 0.3) is 0 Å². The molecule has 0 bridgehead atoms. The third kappa shape index (κ3) is 3.63. The number of nitrogens with one attached hydrogen (secondary N) is 1. The first-order valence-electron chi connectivity index (χ1n) is 7.65. The van der Waals surface area contributed by atoms with Crippen LogP contribution in [-0.4, -0.2) is 29.1 Å². The van der Waals surface area contributed by atoms with Crippen LogP contribution in [0.5, 0.6) is 0 Å². The summed E-state index contributed by atoms with van der Waals surface area (Å²) in [5.74, 6) is 0.730. The topological polar surface area (TPSA) is 71.3 Å². The molecule has 0 radical (unpaired) electrons. The molecule has 0 saturated carbocycles. The largest absolute Gasteiger partial charge is 0.371 e. The van der Waals surface area contributed by atoms with Gasteiger partial charge in [0.15, 0.2) is 5.82 Å². The number of hydrogen-bond acceptors (Lipinski definition) is 5. The maximum absolute atomic E-state index is 12.0. The van der Waals surface area contributed by atoms with Crippen molar-refractivity contribution in [2.75, 3.05) is 23.3 Å². The van der Waals surface area contributed by atoms with E-state index in [4.69, 9.17) is 4.52 Å². The molecule has 1 saturated heterocycles. The zero-order valence-corrected chi connectivity index (χ0v) is 12.7. The van der Waals surface area contributed by atoms with E-state index in [1.165, 1.54) is 19.3 Å². The van der Waals surface area contributed by atoms with Crippen LogP contribution in [0.1, 0.15) is 31.0 Å². The van der Waals surface area contributed by atoms with Crippen molar-refractivity contribution in [2.24, 2.45) is 0 Å². The highest BCUT2D eigenvalue weighted by atomic mass is 16.5. The molecule has 6 heteroatoms. The molecule has 0 atom stereocenters. The molecule has 1 N–H and O–H groups in total. The first-order valence-corrected chi connectivity index (χ1v) is 7.65. The normalized spacial score (nSPS) is 14.9. The Morgan fingerprint density at radius 1 is 1.32 bits per heavy atom. The van der Waals surface area contributed by atoms with Gasteiger partial charge in [-0.2, -0.15) is 4.98 Å². The van der Waals surface area contributed by atoms with E-state index < -0.39 is 0 Å². The lowest BCUT2D eigenvalue weighted by Crippen LogP contribution is -2.29. The van der Waals surface area contributed by atoms with E-state index in [0.29, 0.717) is 11.7 Å². The lowest BCUT2D eigenvalue weighted by molar-refractivity contribution is -0.115. The zero-order chi connectivity index (χ0) is 15.4. The molecule has 0 spiro atoms. The molecule has 22 heavy (non-hydrogen) atoms. The number of carbonyl (C=O) groups is 1. The van der Waals surface area contributed by atoms with Crippen LogP contribution >= 0.6 is 0 Å². The van der Waals surface area contributed by atoms with Gasteiger partial charge < -0.3 is 14.7 Å². The molecule has 1 aromatic heterocycles. The fourth-order valence-electron chi connectivity index (χ4n) is 2.69. The summed E-state index contributed by atoms with van der Waals surface area (Å²) >= 11 is 0. The second-order valence-corrected chi connectivity index (χ2v) is 5.55. The van der Waals surface area contributed by atoms with Gasteiger partial charge in [-0.25, -0.2) is 0 Å². The molecule has 1 aliphatic rings. The smallest absolute Gasteiger partial charge is 0.232 e. The number of aryl methyl sites for hydroxylation is 1. The molecule has 1 fully saturated rings. The van der Waals surface area contributed by atoms with Gasteiger partial charge in [-0.3, -0.25) is 4.79 Å². The molecule has 3 rings (SSSR count). The van der Waals surface area contributed by atoms with Crippen molar-refractivity contribution in [3.05, 3.63) is 36.0 Å². The van der Waals surface area contributed by atoms with Crippen LogP contribution in [0.2, 0.25) is 0 Å². The molecule has 2 heterocycles. The second kappa shape index (κ2) is 6.60. The fourth-order valence-corrected chi connectivity index (χ4v) is 2.69. The SMILES string of the molecule is Cc1nc(CC(=O)Nc2cccc(N3CCCCC3)c2)no1. The number of aromatic nitrogens is 2. The van der Waals surface area contributed by atoms with Gasteiger partial charge >= 0.3 is 0 Å². The van der Waals surface area contributed by atoms with Gasteiger partial charge in [0, 0.05) is 31.4 Å². The quantitative estimate of drug-likeness (QED) is 0.939. The average molecular weight is 300 g/mol. The van der Waals surface area contributed by atoms with Crippen LogP contribution in [0.25, 0.3) is 0 Å². The third-order valence-electron chi connectivity index (χ3n) is 3.74. The van der Waals surface area contributed by atoms with Gasteiger partial charge in [-0.1, -0.05) is 11.2 Å². The number of carbonyl (C=O) groups excluding carboxylic acids is 1.